The van der Waals surface area contributed by atoms with E-state index in [-0.39, 0.29) is 71.9 Å². The number of amides is 2. The number of amidine groups is 2. The van der Waals surface area contributed by atoms with Gasteiger partial charge in [0, 0.05) is 69.7 Å². The van der Waals surface area contributed by atoms with E-state index in [1.54, 1.807) is 54.1 Å². The van der Waals surface area contributed by atoms with E-state index in [0.717, 1.165) is 34.5 Å². The van der Waals surface area contributed by atoms with Crippen LogP contribution in [0.4, 0.5) is 11.6 Å². The van der Waals surface area contributed by atoms with E-state index in [9.17, 15) is 24.9 Å². The molecule has 6 heterocycles. The number of β-amino-alcohol motifs (C(OH)–C–C–N with tert-alkyl or cyclic N) is 1. The fourth-order valence-corrected chi connectivity index (χ4v) is 10.2. The van der Waals surface area contributed by atoms with Crippen molar-refractivity contribution >= 4 is 46.5 Å². The third kappa shape index (κ3) is 11.3. The second-order valence-corrected chi connectivity index (χ2v) is 19.4. The van der Waals surface area contributed by atoms with Gasteiger partial charge in [0.05, 0.1) is 57.9 Å². The first-order valence-corrected chi connectivity index (χ1v) is 24.6. The van der Waals surface area contributed by atoms with Crippen molar-refractivity contribution in [1.29, 1.82) is 10.8 Å². The lowest BCUT2D eigenvalue weighted by Gasteiger charge is -2.34. The van der Waals surface area contributed by atoms with Crippen LogP contribution in [-0.4, -0.2) is 131 Å². The average Bonchev–Trinajstić information content (AvgIpc) is 3.97. The van der Waals surface area contributed by atoms with Gasteiger partial charge in [-0.3, -0.25) is 20.4 Å². The summed E-state index contributed by atoms with van der Waals surface area (Å²) in [5.74, 6) is -1.45. The first-order valence-electron chi connectivity index (χ1n) is 23.7. The number of aliphatic hydroxyl groups is 2. The van der Waals surface area contributed by atoms with E-state index in [2.05, 4.69) is 40.7 Å². The molecule has 2 amide bonds. The standard InChI is InChI=1S/C50H61N13O6S/c1-28(2)44(49(68)63-26-34(64)21-40(63)48(67)57-29(3)31-9-11-32(12-10-31)46-30(4)56-27-70-46)42(66)23-43(51)61-19-15-35(16-20-61)69-36-24-54-50(55-25-36)62-17-13-33(14-18-62)58-39-22-38(59-60-45(39)47(52)53)37-7-5-6-8-41(37)65/h5-12,22-25,27-29,33-35,40,44,51,64-66H,13-21,26H2,1-4H3,(H3,52,53)(H,57,67)(H,58,59)/b42-23-,51-43?/t29-,34+,40-,44?/m0/s1. The van der Waals surface area contributed by atoms with Gasteiger partial charge in [-0.1, -0.05) is 50.2 Å². The summed E-state index contributed by atoms with van der Waals surface area (Å²) >= 11 is 1.57. The van der Waals surface area contributed by atoms with Crippen LogP contribution >= 0.6 is 11.3 Å². The Morgan fingerprint density at radius 2 is 1.66 bits per heavy atom. The number of anilines is 2. The molecule has 70 heavy (non-hydrogen) atoms. The van der Waals surface area contributed by atoms with Gasteiger partial charge >= 0.3 is 0 Å². The highest BCUT2D eigenvalue weighted by atomic mass is 32.1. The van der Waals surface area contributed by atoms with Gasteiger partial charge in [0.2, 0.25) is 17.8 Å². The number of ether oxygens (including phenoxy) is 1. The third-order valence-corrected chi connectivity index (χ3v) is 14.2. The molecule has 0 bridgehead atoms. The second-order valence-electron chi connectivity index (χ2n) is 18.5. The summed E-state index contributed by atoms with van der Waals surface area (Å²) in [5.41, 5.74) is 12.4. The number of thiazole rings is 1. The number of piperidine rings is 2. The molecule has 0 spiro atoms. The summed E-state index contributed by atoms with van der Waals surface area (Å²) < 4.78 is 6.26. The van der Waals surface area contributed by atoms with Crippen LogP contribution in [0.5, 0.6) is 11.5 Å². The molecule has 2 aromatic carbocycles. The zero-order valence-electron chi connectivity index (χ0n) is 39.7. The van der Waals surface area contributed by atoms with Gasteiger partial charge in [-0.05, 0) is 61.9 Å². The molecule has 3 saturated heterocycles. The molecular formula is C50H61N13O6S. The lowest BCUT2D eigenvalue weighted by atomic mass is 9.91. The molecule has 368 valence electrons. The molecule has 4 atom stereocenters. The van der Waals surface area contributed by atoms with Crippen molar-refractivity contribution in [2.75, 3.05) is 42.9 Å². The lowest BCUT2D eigenvalue weighted by molar-refractivity contribution is -0.142. The highest BCUT2D eigenvalue weighted by molar-refractivity contribution is 7.13. The number of nitrogens with one attached hydrogen (secondary N) is 4. The minimum atomic E-state index is -1.02. The SMILES string of the molecule is Cc1ncsc1-c1ccc([C@H](C)NC(=O)[C@@H]2C[C@@H](O)CN2C(=O)C(/C(O)=C/C(=N)N2CCC(Oc3cnc(N4CCC(Nc5cc(-c6ccccc6O)nnc5C(=N)N)CC4)nc3)CC2)C(C)C)cc1. The number of aromatic hydroxyl groups is 1. The summed E-state index contributed by atoms with van der Waals surface area (Å²) in [6.45, 7) is 9.76. The van der Waals surface area contributed by atoms with Gasteiger partial charge in [-0.15, -0.1) is 21.5 Å². The van der Waals surface area contributed by atoms with Crippen molar-refractivity contribution in [2.24, 2.45) is 17.6 Å². The lowest BCUT2D eigenvalue weighted by Crippen LogP contribution is -2.49. The number of hydrogen-bond donors (Lipinski definition) is 8. The van der Waals surface area contributed by atoms with Crippen LogP contribution in [0.15, 0.2) is 84.3 Å². The number of carbonyl (C=O) groups is 2. The molecule has 3 fully saturated rings. The molecule has 3 aliphatic rings. The number of carbonyl (C=O) groups excluding carboxylic acids is 2. The Morgan fingerprint density at radius 3 is 2.30 bits per heavy atom. The van der Waals surface area contributed by atoms with E-state index < -0.39 is 24.0 Å². The zero-order chi connectivity index (χ0) is 49.6. The number of para-hydroxylation sites is 1. The van der Waals surface area contributed by atoms with Crippen LogP contribution in [0.25, 0.3) is 21.7 Å². The monoisotopic (exact) mass is 971 g/mol. The smallest absolute Gasteiger partial charge is 0.243 e. The second kappa shape index (κ2) is 21.6. The zero-order valence-corrected chi connectivity index (χ0v) is 40.6. The minimum absolute atomic E-state index is 0.0403. The number of phenolic OH excluding ortho intramolecular Hbond substituents is 1. The number of nitrogens with two attached hydrogens (primary N) is 1. The molecule has 0 radical (unpaired) electrons. The normalized spacial score (nSPS) is 18.9. The maximum atomic E-state index is 14.2. The van der Waals surface area contributed by atoms with Crippen molar-refractivity contribution in [3.63, 3.8) is 0 Å². The quantitative estimate of drug-likeness (QED) is 0.0349. The number of likely N-dealkylation sites (tertiary alicyclic amines) is 2. The van der Waals surface area contributed by atoms with E-state index >= 15 is 0 Å². The Hall–Kier alpha value is -7.19. The third-order valence-electron chi connectivity index (χ3n) is 13.2. The van der Waals surface area contributed by atoms with Crippen LogP contribution in [0.1, 0.15) is 75.9 Å². The molecule has 3 aliphatic heterocycles. The molecule has 3 aromatic heterocycles. The fourth-order valence-electron chi connectivity index (χ4n) is 9.36. The first kappa shape index (κ1) is 49.2. The maximum Gasteiger partial charge on any atom is 0.243 e. The number of nitrogen functional groups attached to an aromatic ring is 1. The van der Waals surface area contributed by atoms with Crippen molar-refractivity contribution in [2.45, 2.75) is 90.1 Å². The number of aliphatic hydroxyl groups excluding tert-OH is 2. The molecule has 8 rings (SSSR count). The van der Waals surface area contributed by atoms with E-state index in [0.29, 0.717) is 67.7 Å². The Bertz CT molecular complexity index is 2700. The molecule has 20 heteroatoms. The van der Waals surface area contributed by atoms with E-state index in [1.165, 1.54) is 11.0 Å². The number of benzene rings is 2. The summed E-state index contributed by atoms with van der Waals surface area (Å²) in [7, 11) is 0. The largest absolute Gasteiger partial charge is 0.511 e. The average molecular weight is 972 g/mol. The number of nitrogens with zero attached hydrogens (tertiary/aromatic N) is 8. The summed E-state index contributed by atoms with van der Waals surface area (Å²) in [6, 6.07) is 15.3. The van der Waals surface area contributed by atoms with Crippen molar-refractivity contribution in [1.82, 2.24) is 40.3 Å². The van der Waals surface area contributed by atoms with Crippen LogP contribution in [0.3, 0.4) is 0 Å². The van der Waals surface area contributed by atoms with Crippen LogP contribution in [0.2, 0.25) is 0 Å². The molecule has 9 N–H and O–H groups in total. The summed E-state index contributed by atoms with van der Waals surface area (Å²) in [4.78, 5) is 47.8. The van der Waals surface area contributed by atoms with Gasteiger partial charge in [-0.2, -0.15) is 0 Å². The predicted octanol–water partition coefficient (Wildman–Crippen LogP) is 5.81. The van der Waals surface area contributed by atoms with Crippen LogP contribution in [-0.2, 0) is 9.59 Å². The highest BCUT2D eigenvalue weighted by Crippen LogP contribution is 2.33. The van der Waals surface area contributed by atoms with E-state index in [4.69, 9.17) is 21.3 Å². The number of aryl methyl sites for hydroxylation is 1. The molecule has 0 saturated carbocycles. The molecule has 19 nitrogen and oxygen atoms in total. The number of rotatable bonds is 15. The summed E-state index contributed by atoms with van der Waals surface area (Å²) in [5, 5.41) is 64.3. The van der Waals surface area contributed by atoms with E-state index in [1.807, 2.05) is 62.4 Å². The van der Waals surface area contributed by atoms with Gasteiger partial charge in [0.25, 0.3) is 0 Å². The molecule has 5 aromatic rings. The minimum Gasteiger partial charge on any atom is -0.511 e. The Morgan fingerprint density at radius 1 is 0.957 bits per heavy atom. The number of hydrogen-bond acceptors (Lipinski definition) is 16. The Labute approximate surface area is 410 Å². The Kier molecular flexibility index (Phi) is 15.2. The van der Waals surface area contributed by atoms with Crippen molar-refractivity contribution < 1.29 is 29.6 Å². The van der Waals surface area contributed by atoms with Gasteiger partial charge < -0.3 is 51.1 Å². The topological polar surface area (TPSA) is 276 Å². The van der Waals surface area contributed by atoms with Crippen LogP contribution in [0, 0.1) is 29.6 Å². The Balaban J connectivity index is 0.804. The highest BCUT2D eigenvalue weighted by Gasteiger charge is 2.43. The molecule has 0 aliphatic carbocycles. The maximum absolute atomic E-state index is 14.2. The number of phenols is 1. The predicted molar refractivity (Wildman–Crippen MR) is 268 cm³/mol. The molecule has 1 unspecified atom stereocenters. The fraction of sp³-hybridized carbons (Fsp3) is 0.420. The van der Waals surface area contributed by atoms with Gasteiger partial charge in [0.1, 0.15) is 35.3 Å². The van der Waals surface area contributed by atoms with Gasteiger partial charge in [0.15, 0.2) is 11.4 Å². The molecular weight excluding hydrogens is 911 g/mol. The van der Waals surface area contributed by atoms with Crippen molar-refractivity contribution in [3.8, 4) is 33.2 Å². The van der Waals surface area contributed by atoms with Crippen molar-refractivity contribution in [3.05, 3.63) is 101 Å². The van der Waals surface area contributed by atoms with Gasteiger partial charge in [-0.25, -0.2) is 15.0 Å². The number of aromatic nitrogens is 5. The van der Waals surface area contributed by atoms with Crippen LogP contribution < -0.4 is 26.0 Å². The summed E-state index contributed by atoms with van der Waals surface area (Å²) in [6.07, 6.45) is 6.43. The first-order chi connectivity index (χ1) is 33.6.